The number of nitrogens with one attached hydrogen (secondary N) is 1. The maximum atomic E-state index is 10.8. The van der Waals surface area contributed by atoms with Crippen molar-refractivity contribution in [3.63, 3.8) is 0 Å². The van der Waals surface area contributed by atoms with Crippen molar-refractivity contribution in [2.75, 3.05) is 12.4 Å². The number of nitrogens with zero attached hydrogens (tertiary/aromatic N) is 4. The van der Waals surface area contributed by atoms with Crippen LogP contribution in [0.1, 0.15) is 25.7 Å². The maximum Gasteiger partial charge on any atom is 0.404 e. The Balaban J connectivity index is 1.55. The van der Waals surface area contributed by atoms with E-state index in [1.54, 1.807) is 24.8 Å². The first-order valence-corrected chi connectivity index (χ1v) is 8.05. The predicted molar refractivity (Wildman–Crippen MR) is 89.9 cm³/mol. The number of amides is 1. The third kappa shape index (κ3) is 4.52. The highest BCUT2D eigenvalue weighted by Gasteiger charge is 2.23. The van der Waals surface area contributed by atoms with E-state index in [0.29, 0.717) is 17.5 Å². The van der Waals surface area contributed by atoms with Crippen LogP contribution in [0.3, 0.4) is 0 Å². The van der Waals surface area contributed by atoms with Gasteiger partial charge in [0.1, 0.15) is 11.9 Å². The molecule has 2 heterocycles. The minimum Gasteiger partial charge on any atom is -0.467 e. The van der Waals surface area contributed by atoms with Crippen LogP contribution >= 0.6 is 0 Å². The smallest absolute Gasteiger partial charge is 0.404 e. The second-order valence-corrected chi connectivity index (χ2v) is 5.80. The van der Waals surface area contributed by atoms with E-state index in [4.69, 9.17) is 15.2 Å². The largest absolute Gasteiger partial charge is 0.467 e. The van der Waals surface area contributed by atoms with E-state index in [0.717, 1.165) is 31.2 Å². The number of hydrogen-bond donors (Lipinski definition) is 2. The Morgan fingerprint density at radius 1 is 1.08 bits per heavy atom. The molecule has 1 saturated carbocycles. The zero-order valence-electron chi connectivity index (χ0n) is 13.9. The summed E-state index contributed by atoms with van der Waals surface area (Å²) in [6.45, 7) is 0. The first kappa shape index (κ1) is 16.9. The van der Waals surface area contributed by atoms with E-state index in [9.17, 15) is 4.79 Å². The van der Waals surface area contributed by atoms with Crippen molar-refractivity contribution in [2.24, 2.45) is 5.73 Å². The third-order valence-corrected chi connectivity index (χ3v) is 4.07. The van der Waals surface area contributed by atoms with Crippen LogP contribution in [0.2, 0.25) is 0 Å². The fourth-order valence-corrected chi connectivity index (χ4v) is 2.80. The summed E-state index contributed by atoms with van der Waals surface area (Å²) in [6, 6.07) is 0.586. The summed E-state index contributed by atoms with van der Waals surface area (Å²) in [7, 11) is 1.52. The molecule has 1 fully saturated rings. The summed E-state index contributed by atoms with van der Waals surface area (Å²) >= 11 is 0. The Morgan fingerprint density at radius 2 is 1.80 bits per heavy atom. The highest BCUT2D eigenvalue weighted by Crippen LogP contribution is 2.24. The van der Waals surface area contributed by atoms with Gasteiger partial charge in [-0.1, -0.05) is 0 Å². The van der Waals surface area contributed by atoms with E-state index >= 15 is 0 Å². The number of rotatable bonds is 5. The predicted octanol–water partition coefficient (Wildman–Crippen LogP) is 1.76. The number of carbonyl (C=O) groups is 1. The van der Waals surface area contributed by atoms with Crippen LogP contribution in [-0.2, 0) is 4.74 Å². The lowest BCUT2D eigenvalue weighted by molar-refractivity contribution is 0.0805. The topological polar surface area (TPSA) is 125 Å². The second-order valence-electron chi connectivity index (χ2n) is 5.80. The normalized spacial score (nSPS) is 19.9. The Labute approximate surface area is 145 Å². The van der Waals surface area contributed by atoms with Gasteiger partial charge < -0.3 is 20.5 Å². The molecule has 25 heavy (non-hydrogen) atoms. The zero-order chi connectivity index (χ0) is 17.6. The molecule has 9 heteroatoms. The molecule has 1 aliphatic rings. The minimum absolute atomic E-state index is 0.0842. The van der Waals surface area contributed by atoms with Crippen LogP contribution in [0.25, 0.3) is 11.3 Å². The highest BCUT2D eigenvalue weighted by molar-refractivity contribution is 5.64. The molecule has 0 spiro atoms. The highest BCUT2D eigenvalue weighted by atomic mass is 16.6. The Hall–Kier alpha value is -2.97. The number of hydrogen-bond acceptors (Lipinski definition) is 8. The molecule has 0 saturated heterocycles. The van der Waals surface area contributed by atoms with Gasteiger partial charge >= 0.3 is 12.1 Å². The van der Waals surface area contributed by atoms with Crippen molar-refractivity contribution in [3.8, 4) is 17.3 Å². The zero-order valence-corrected chi connectivity index (χ0v) is 13.9. The van der Waals surface area contributed by atoms with Gasteiger partial charge in [0, 0.05) is 24.0 Å². The Bertz CT molecular complexity index is 699. The van der Waals surface area contributed by atoms with E-state index < -0.39 is 6.09 Å². The van der Waals surface area contributed by atoms with Crippen molar-refractivity contribution < 1.29 is 14.3 Å². The lowest BCUT2D eigenvalue weighted by Gasteiger charge is -2.28. The second kappa shape index (κ2) is 7.73. The summed E-state index contributed by atoms with van der Waals surface area (Å²) in [5.74, 6) is 0.706. The molecule has 0 radical (unpaired) electrons. The molecular weight excluding hydrogens is 324 g/mol. The molecule has 2 aromatic heterocycles. The van der Waals surface area contributed by atoms with Gasteiger partial charge in [0.25, 0.3) is 0 Å². The van der Waals surface area contributed by atoms with E-state index in [-0.39, 0.29) is 12.1 Å². The van der Waals surface area contributed by atoms with E-state index in [2.05, 4.69) is 25.3 Å². The van der Waals surface area contributed by atoms with Crippen molar-refractivity contribution >= 4 is 11.9 Å². The molecule has 132 valence electrons. The number of ether oxygens (including phenoxy) is 2. The molecule has 0 unspecified atom stereocenters. The average Bonchev–Trinajstić information content (AvgIpc) is 2.64. The lowest BCUT2D eigenvalue weighted by atomic mass is 9.93. The van der Waals surface area contributed by atoms with Crippen molar-refractivity contribution in [1.29, 1.82) is 0 Å². The van der Waals surface area contributed by atoms with E-state index in [1.807, 2.05) is 0 Å². The van der Waals surface area contributed by atoms with Gasteiger partial charge in [-0.15, -0.1) is 0 Å². The first-order chi connectivity index (χ1) is 12.1. The number of aromatic nitrogens is 4. The van der Waals surface area contributed by atoms with Crippen molar-refractivity contribution in [3.05, 3.63) is 24.8 Å². The summed E-state index contributed by atoms with van der Waals surface area (Å²) in [5.41, 5.74) is 6.50. The van der Waals surface area contributed by atoms with Gasteiger partial charge in [0.15, 0.2) is 0 Å². The monoisotopic (exact) mass is 344 g/mol. The minimum atomic E-state index is -0.708. The average molecular weight is 344 g/mol. The Kier molecular flexibility index (Phi) is 5.22. The number of nitrogens with two attached hydrogens (primary N) is 1. The Morgan fingerprint density at radius 3 is 2.36 bits per heavy atom. The molecule has 0 aromatic carbocycles. The molecule has 1 amide bonds. The molecule has 0 bridgehead atoms. The quantitative estimate of drug-likeness (QED) is 0.840. The lowest BCUT2D eigenvalue weighted by Crippen LogP contribution is -2.32. The van der Waals surface area contributed by atoms with Crippen LogP contribution in [0, 0.1) is 0 Å². The van der Waals surface area contributed by atoms with Crippen LogP contribution in [0.4, 0.5) is 10.6 Å². The summed E-state index contributed by atoms with van der Waals surface area (Å²) in [6.07, 6.45) is 9.19. The van der Waals surface area contributed by atoms with Crippen LogP contribution < -0.4 is 15.8 Å². The van der Waals surface area contributed by atoms with Crippen LogP contribution in [-0.4, -0.2) is 45.3 Å². The van der Waals surface area contributed by atoms with Crippen molar-refractivity contribution in [2.45, 2.75) is 37.8 Å². The van der Waals surface area contributed by atoms with Gasteiger partial charge in [-0.2, -0.15) is 0 Å². The van der Waals surface area contributed by atoms with Gasteiger partial charge in [-0.3, -0.25) is 4.98 Å². The molecule has 3 N–H and O–H groups in total. The standard InChI is InChI=1S/C16H20N6O3/c1-24-16-20-6-10(7-21-16)13-8-19-14(9-18-13)22-11-2-4-12(5-3-11)25-15(17)23/h6-9,11-12H,2-5H2,1H3,(H2,17,23)(H,19,22). The number of methoxy groups -OCH3 is 1. The molecule has 0 aliphatic heterocycles. The maximum absolute atomic E-state index is 10.8. The first-order valence-electron chi connectivity index (χ1n) is 8.05. The molecule has 3 rings (SSSR count). The van der Waals surface area contributed by atoms with Gasteiger partial charge in [0.05, 0.1) is 25.2 Å². The summed E-state index contributed by atoms with van der Waals surface area (Å²) in [5, 5.41) is 3.36. The third-order valence-electron chi connectivity index (χ3n) is 4.07. The number of carbonyl (C=O) groups excluding carboxylic acids is 1. The van der Waals surface area contributed by atoms with Crippen molar-refractivity contribution in [1.82, 2.24) is 19.9 Å². The molecule has 0 atom stereocenters. The molecule has 2 aromatic rings. The van der Waals surface area contributed by atoms with Crippen LogP contribution in [0.15, 0.2) is 24.8 Å². The SMILES string of the molecule is COc1ncc(-c2cnc(NC3CCC(OC(N)=O)CC3)cn2)cn1. The van der Waals surface area contributed by atoms with E-state index in [1.165, 1.54) is 7.11 Å². The molecule has 1 aliphatic carbocycles. The summed E-state index contributed by atoms with van der Waals surface area (Å²) in [4.78, 5) is 27.7. The fraction of sp³-hybridized carbons (Fsp3) is 0.438. The number of primary amides is 1. The summed E-state index contributed by atoms with van der Waals surface area (Å²) < 4.78 is 9.97. The molecule has 9 nitrogen and oxygen atoms in total. The van der Waals surface area contributed by atoms with Crippen LogP contribution in [0.5, 0.6) is 6.01 Å². The van der Waals surface area contributed by atoms with Gasteiger partial charge in [-0.25, -0.2) is 19.7 Å². The fourth-order valence-electron chi connectivity index (χ4n) is 2.80. The number of anilines is 1. The van der Waals surface area contributed by atoms with Gasteiger partial charge in [0.2, 0.25) is 0 Å². The molecular formula is C16H20N6O3. The van der Waals surface area contributed by atoms with Gasteiger partial charge in [-0.05, 0) is 25.7 Å².